The Morgan fingerprint density at radius 2 is 0.571 bits per heavy atom. The van der Waals surface area contributed by atoms with E-state index in [9.17, 15) is 15.0 Å². The predicted molar refractivity (Wildman–Crippen MR) is 345 cm³/mol. The fraction of sp³-hybridized carbons (Fsp3) is 0.740. The highest BCUT2D eigenvalue weighted by molar-refractivity contribution is 5.76. The molecular formula is C73H129NO3. The van der Waals surface area contributed by atoms with Gasteiger partial charge in [0.2, 0.25) is 5.91 Å². The Morgan fingerprint density at radius 3 is 0.857 bits per heavy atom. The molecule has 0 aliphatic carbocycles. The Bertz CT molecular complexity index is 1440. The Morgan fingerprint density at radius 1 is 0.325 bits per heavy atom. The maximum absolute atomic E-state index is 12.6. The fourth-order valence-corrected chi connectivity index (χ4v) is 10.0. The second kappa shape index (κ2) is 67.3. The number of allylic oxidation sites excluding steroid dienone is 18. The first-order valence-corrected chi connectivity index (χ1v) is 33.6. The summed E-state index contributed by atoms with van der Waals surface area (Å²) in [5, 5.41) is 23.4. The number of aliphatic hydroxyl groups excluding tert-OH is 2. The lowest BCUT2D eigenvalue weighted by Crippen LogP contribution is -2.45. The van der Waals surface area contributed by atoms with Crippen molar-refractivity contribution >= 4 is 5.91 Å². The van der Waals surface area contributed by atoms with Gasteiger partial charge < -0.3 is 15.5 Å². The molecule has 0 saturated carbocycles. The van der Waals surface area contributed by atoms with Gasteiger partial charge in [-0.15, -0.1) is 0 Å². The summed E-state index contributed by atoms with van der Waals surface area (Å²) in [6.45, 7) is 4.27. The first kappa shape index (κ1) is 74.0. The van der Waals surface area contributed by atoms with E-state index in [2.05, 4.69) is 129 Å². The standard InChI is InChI=1S/C73H129NO3/c1-3-5-7-9-11-13-15-17-19-21-23-25-27-29-31-32-33-34-35-36-37-38-39-40-41-42-43-45-47-49-51-53-55-57-59-61-63-65-67-69-73(77)74-71(70-75)72(76)68-66-64-62-60-58-56-54-52-50-48-46-44-30-28-26-24-22-20-18-16-14-12-10-8-6-4-2/h5,7,11,13,17,19,23,25,29,31,33-34,36-37,39-40,42-43,71-72,75-76H,3-4,6,8-10,12,14-16,18,20-22,24,26-28,30,32,35,38,41,44-70H2,1-2H3,(H,74,77)/b7-5-,13-11-,19-17-,25-23-,31-29-,34-33-,37-36-,40-39-,43-42-. The number of rotatable bonds is 61. The lowest BCUT2D eigenvalue weighted by Gasteiger charge is -2.22. The van der Waals surface area contributed by atoms with Crippen molar-refractivity contribution in [3.05, 3.63) is 109 Å². The van der Waals surface area contributed by atoms with E-state index in [0.717, 1.165) is 83.5 Å². The third-order valence-corrected chi connectivity index (χ3v) is 15.0. The van der Waals surface area contributed by atoms with Crippen LogP contribution in [0, 0.1) is 0 Å². The molecule has 2 atom stereocenters. The number of nitrogens with one attached hydrogen (secondary N) is 1. The highest BCUT2D eigenvalue weighted by Crippen LogP contribution is 2.18. The number of hydrogen-bond donors (Lipinski definition) is 3. The van der Waals surface area contributed by atoms with Crippen molar-refractivity contribution in [2.75, 3.05) is 6.61 Å². The molecule has 0 bridgehead atoms. The van der Waals surface area contributed by atoms with Crippen molar-refractivity contribution in [1.29, 1.82) is 0 Å². The molecule has 0 spiro atoms. The summed E-state index contributed by atoms with van der Waals surface area (Å²) < 4.78 is 0. The molecule has 0 saturated heterocycles. The summed E-state index contributed by atoms with van der Waals surface area (Å²) in [6.07, 6.45) is 101. The van der Waals surface area contributed by atoms with E-state index in [1.807, 2.05) is 0 Å². The van der Waals surface area contributed by atoms with Crippen molar-refractivity contribution in [2.24, 2.45) is 0 Å². The van der Waals surface area contributed by atoms with E-state index in [-0.39, 0.29) is 12.5 Å². The van der Waals surface area contributed by atoms with E-state index >= 15 is 0 Å². The smallest absolute Gasteiger partial charge is 0.220 e. The van der Waals surface area contributed by atoms with Crippen LogP contribution in [0.5, 0.6) is 0 Å². The zero-order valence-electron chi connectivity index (χ0n) is 51.2. The normalized spacial score (nSPS) is 13.5. The summed E-state index contributed by atoms with van der Waals surface area (Å²) in [7, 11) is 0. The number of carbonyl (C=O) groups is 1. The van der Waals surface area contributed by atoms with Crippen LogP contribution in [0.4, 0.5) is 0 Å². The predicted octanol–water partition coefficient (Wildman–Crippen LogP) is 23.0. The van der Waals surface area contributed by atoms with Crippen LogP contribution in [0.2, 0.25) is 0 Å². The first-order valence-electron chi connectivity index (χ1n) is 33.6. The molecule has 0 fully saturated rings. The summed E-state index contributed by atoms with van der Waals surface area (Å²) in [4.78, 5) is 12.6. The quantitative estimate of drug-likeness (QED) is 0.0420. The molecule has 0 heterocycles. The molecule has 0 aromatic heterocycles. The van der Waals surface area contributed by atoms with Crippen molar-refractivity contribution in [3.8, 4) is 0 Å². The molecule has 1 amide bonds. The van der Waals surface area contributed by atoms with Gasteiger partial charge in [0.05, 0.1) is 18.8 Å². The van der Waals surface area contributed by atoms with Gasteiger partial charge in [-0.1, -0.05) is 348 Å². The minimum absolute atomic E-state index is 0.0344. The first-order chi connectivity index (χ1) is 38.2. The van der Waals surface area contributed by atoms with Crippen LogP contribution in [0.15, 0.2) is 109 Å². The van der Waals surface area contributed by atoms with Gasteiger partial charge in [-0.2, -0.15) is 0 Å². The molecule has 0 rings (SSSR count). The number of amides is 1. The zero-order valence-corrected chi connectivity index (χ0v) is 51.2. The SMILES string of the molecule is CC/C=C\C/C=C\C/C=C\C/C=C\C/C=C\C/C=C\C/C=C\C/C=C\C/C=C\CCCCCCCCCCCCCC(=O)NC(CO)C(O)CCCCCCCCCCCCCCCCCCCCCCCCCCCC. The van der Waals surface area contributed by atoms with E-state index in [0.29, 0.717) is 12.8 Å². The van der Waals surface area contributed by atoms with Gasteiger partial charge in [0.15, 0.2) is 0 Å². The van der Waals surface area contributed by atoms with Crippen LogP contribution < -0.4 is 5.32 Å². The van der Waals surface area contributed by atoms with Crippen LogP contribution in [-0.2, 0) is 4.79 Å². The summed E-state index contributed by atoms with van der Waals surface area (Å²) in [5.74, 6) is -0.0344. The molecule has 4 heteroatoms. The number of aliphatic hydroxyl groups is 2. The maximum atomic E-state index is 12.6. The average Bonchev–Trinajstić information content (AvgIpc) is 3.43. The summed E-state index contributed by atoms with van der Waals surface area (Å²) in [5.41, 5.74) is 0. The molecule has 0 aromatic carbocycles. The van der Waals surface area contributed by atoms with Crippen molar-refractivity contribution in [3.63, 3.8) is 0 Å². The minimum atomic E-state index is -0.669. The molecular weight excluding hydrogens is 939 g/mol. The molecule has 0 aromatic rings. The van der Waals surface area contributed by atoms with Crippen LogP contribution in [0.3, 0.4) is 0 Å². The largest absolute Gasteiger partial charge is 0.394 e. The molecule has 77 heavy (non-hydrogen) atoms. The van der Waals surface area contributed by atoms with Crippen molar-refractivity contribution in [1.82, 2.24) is 5.32 Å². The van der Waals surface area contributed by atoms with Gasteiger partial charge in [0, 0.05) is 6.42 Å². The lowest BCUT2D eigenvalue weighted by atomic mass is 10.0. The van der Waals surface area contributed by atoms with Gasteiger partial charge in [0.1, 0.15) is 0 Å². The highest BCUT2D eigenvalue weighted by Gasteiger charge is 2.20. The molecule has 0 aliphatic heterocycles. The monoisotopic (exact) mass is 1070 g/mol. The summed E-state index contributed by atoms with van der Waals surface area (Å²) >= 11 is 0. The number of unbranched alkanes of at least 4 members (excludes halogenated alkanes) is 36. The molecule has 444 valence electrons. The van der Waals surface area contributed by atoms with Gasteiger partial charge in [0.25, 0.3) is 0 Å². The topological polar surface area (TPSA) is 69.6 Å². The Labute approximate surface area is 480 Å². The average molecular weight is 1070 g/mol. The highest BCUT2D eigenvalue weighted by atomic mass is 16.3. The second-order valence-corrected chi connectivity index (χ2v) is 22.5. The van der Waals surface area contributed by atoms with Crippen LogP contribution in [0.1, 0.15) is 328 Å². The minimum Gasteiger partial charge on any atom is -0.394 e. The van der Waals surface area contributed by atoms with Gasteiger partial charge in [-0.3, -0.25) is 4.79 Å². The van der Waals surface area contributed by atoms with E-state index in [4.69, 9.17) is 0 Å². The third-order valence-electron chi connectivity index (χ3n) is 15.0. The summed E-state index contributed by atoms with van der Waals surface area (Å²) in [6, 6.07) is -0.546. The Balaban J connectivity index is 3.52. The Hall–Kier alpha value is -2.95. The zero-order chi connectivity index (χ0) is 55.5. The second-order valence-electron chi connectivity index (χ2n) is 22.5. The van der Waals surface area contributed by atoms with Gasteiger partial charge >= 0.3 is 0 Å². The molecule has 4 nitrogen and oxygen atoms in total. The van der Waals surface area contributed by atoms with Crippen LogP contribution in [0.25, 0.3) is 0 Å². The number of hydrogen-bond acceptors (Lipinski definition) is 3. The Kier molecular flexibility index (Phi) is 64.7. The van der Waals surface area contributed by atoms with Crippen molar-refractivity contribution in [2.45, 2.75) is 341 Å². The van der Waals surface area contributed by atoms with Gasteiger partial charge in [-0.05, 0) is 83.5 Å². The van der Waals surface area contributed by atoms with E-state index < -0.39 is 12.1 Å². The van der Waals surface area contributed by atoms with E-state index in [1.165, 1.54) is 218 Å². The van der Waals surface area contributed by atoms with Crippen molar-refractivity contribution < 1.29 is 15.0 Å². The lowest BCUT2D eigenvalue weighted by molar-refractivity contribution is -0.123. The van der Waals surface area contributed by atoms with Crippen LogP contribution >= 0.6 is 0 Å². The fourth-order valence-electron chi connectivity index (χ4n) is 10.0. The van der Waals surface area contributed by atoms with Crippen LogP contribution in [-0.4, -0.2) is 34.9 Å². The maximum Gasteiger partial charge on any atom is 0.220 e. The van der Waals surface area contributed by atoms with Gasteiger partial charge in [-0.25, -0.2) is 0 Å². The third kappa shape index (κ3) is 63.8. The molecule has 3 N–H and O–H groups in total. The number of carbonyl (C=O) groups excluding carboxylic acids is 1. The molecule has 2 unspecified atom stereocenters. The molecule has 0 aliphatic rings. The van der Waals surface area contributed by atoms with E-state index in [1.54, 1.807) is 0 Å². The molecule has 0 radical (unpaired) electrons.